The molecule has 0 spiro atoms. The Morgan fingerprint density at radius 1 is 1.35 bits per heavy atom. The number of halogens is 1. The number of ether oxygens (including phenoxy) is 1. The Hall–Kier alpha value is -2.40. The number of aryl methyl sites for hydroxylation is 1. The van der Waals surface area contributed by atoms with Crippen LogP contribution in [0.15, 0.2) is 41.3 Å². The highest BCUT2D eigenvalue weighted by molar-refractivity contribution is 6.30. The quantitative estimate of drug-likeness (QED) is 0.624. The lowest BCUT2D eigenvalue weighted by atomic mass is 10.2. The average Bonchev–Trinajstić information content (AvgIpc) is 2.53. The second-order valence-electron chi connectivity index (χ2n) is 4.86. The largest absolute Gasteiger partial charge is 0.463 e. The van der Waals surface area contributed by atoms with Crippen molar-refractivity contribution >= 4 is 23.6 Å². The van der Waals surface area contributed by atoms with Gasteiger partial charge in [-0.3, -0.25) is 9.36 Å². The van der Waals surface area contributed by atoms with Crippen molar-refractivity contribution in [2.45, 2.75) is 20.4 Å². The number of benzene rings is 1. The molecular formula is C17H17ClN2O3. The van der Waals surface area contributed by atoms with Gasteiger partial charge in [-0.1, -0.05) is 23.7 Å². The van der Waals surface area contributed by atoms with E-state index in [-0.39, 0.29) is 12.2 Å². The van der Waals surface area contributed by atoms with E-state index in [4.69, 9.17) is 16.3 Å². The van der Waals surface area contributed by atoms with E-state index in [0.29, 0.717) is 23.0 Å². The summed E-state index contributed by atoms with van der Waals surface area (Å²) in [6, 6.07) is 7.26. The van der Waals surface area contributed by atoms with Gasteiger partial charge in [-0.25, -0.2) is 9.78 Å². The van der Waals surface area contributed by atoms with Crippen molar-refractivity contribution in [1.29, 1.82) is 0 Å². The number of aromatic nitrogens is 2. The summed E-state index contributed by atoms with van der Waals surface area (Å²) in [6.07, 6.45) is 4.10. The molecular weight excluding hydrogens is 316 g/mol. The predicted octanol–water partition coefficient (Wildman–Crippen LogP) is 2.83. The fraction of sp³-hybridized carbons (Fsp3) is 0.235. The van der Waals surface area contributed by atoms with Gasteiger partial charge in [0.2, 0.25) is 0 Å². The smallest absolute Gasteiger partial charge is 0.330 e. The zero-order valence-corrected chi connectivity index (χ0v) is 13.7. The summed E-state index contributed by atoms with van der Waals surface area (Å²) < 4.78 is 6.35. The molecule has 2 rings (SSSR count). The zero-order valence-electron chi connectivity index (χ0n) is 13.0. The lowest BCUT2D eigenvalue weighted by Gasteiger charge is -2.10. The first-order chi connectivity index (χ1) is 11.0. The zero-order chi connectivity index (χ0) is 16.8. The Balaban J connectivity index is 2.30. The van der Waals surface area contributed by atoms with E-state index in [1.165, 1.54) is 18.3 Å². The van der Waals surface area contributed by atoms with Crippen LogP contribution in [-0.4, -0.2) is 22.1 Å². The van der Waals surface area contributed by atoms with Gasteiger partial charge >= 0.3 is 5.97 Å². The molecule has 0 unspecified atom stereocenters. The second-order valence-corrected chi connectivity index (χ2v) is 5.30. The summed E-state index contributed by atoms with van der Waals surface area (Å²) in [6.45, 7) is 4.15. The molecule has 23 heavy (non-hydrogen) atoms. The van der Waals surface area contributed by atoms with Crippen LogP contribution in [0, 0.1) is 6.92 Å². The normalized spacial score (nSPS) is 10.9. The van der Waals surface area contributed by atoms with E-state index in [0.717, 1.165) is 5.56 Å². The van der Waals surface area contributed by atoms with Crippen LogP contribution in [0.4, 0.5) is 0 Å². The number of carbonyl (C=O) groups excluding carboxylic acids is 1. The van der Waals surface area contributed by atoms with Gasteiger partial charge in [-0.2, -0.15) is 0 Å². The fourth-order valence-corrected chi connectivity index (χ4v) is 2.14. The van der Waals surface area contributed by atoms with Gasteiger partial charge in [0, 0.05) is 17.3 Å². The first-order valence-electron chi connectivity index (χ1n) is 7.17. The van der Waals surface area contributed by atoms with Crippen LogP contribution in [0.2, 0.25) is 5.02 Å². The van der Waals surface area contributed by atoms with Crippen LogP contribution < -0.4 is 5.56 Å². The third-order valence-corrected chi connectivity index (χ3v) is 3.46. The third kappa shape index (κ3) is 4.53. The molecule has 0 radical (unpaired) electrons. The number of nitrogens with zero attached hydrogens (tertiary/aromatic N) is 2. The minimum Gasteiger partial charge on any atom is -0.463 e. The standard InChI is InChI=1S/C17H17ClN2O3/c1-3-23-16(21)9-6-14-10-19-12(2)20(17(14)22)11-13-4-7-15(18)8-5-13/h4-10H,3,11H2,1-2H3/b9-6+. The molecule has 120 valence electrons. The van der Waals surface area contributed by atoms with Gasteiger partial charge in [0.25, 0.3) is 5.56 Å². The average molecular weight is 333 g/mol. The van der Waals surface area contributed by atoms with Crippen LogP contribution in [0.1, 0.15) is 23.9 Å². The van der Waals surface area contributed by atoms with Crippen molar-refractivity contribution < 1.29 is 9.53 Å². The summed E-state index contributed by atoms with van der Waals surface area (Å²) >= 11 is 5.87. The molecule has 2 aromatic rings. The van der Waals surface area contributed by atoms with Gasteiger partial charge in [0.1, 0.15) is 5.82 Å². The summed E-state index contributed by atoms with van der Waals surface area (Å²) in [5.41, 5.74) is 1.05. The van der Waals surface area contributed by atoms with Crippen molar-refractivity contribution in [3.63, 3.8) is 0 Å². The molecule has 1 heterocycles. The summed E-state index contributed by atoms with van der Waals surface area (Å²) in [5.74, 6) is 0.106. The van der Waals surface area contributed by atoms with Crippen molar-refractivity contribution in [1.82, 2.24) is 9.55 Å². The number of esters is 1. The van der Waals surface area contributed by atoms with E-state index >= 15 is 0 Å². The second kappa shape index (κ2) is 7.74. The summed E-state index contributed by atoms with van der Waals surface area (Å²) in [7, 11) is 0. The predicted molar refractivity (Wildman–Crippen MR) is 89.5 cm³/mol. The van der Waals surface area contributed by atoms with Gasteiger partial charge in [0.05, 0.1) is 18.7 Å². The Bertz CT molecular complexity index is 779. The van der Waals surface area contributed by atoms with Crippen molar-refractivity contribution in [3.05, 3.63) is 68.9 Å². The molecule has 0 saturated heterocycles. The highest BCUT2D eigenvalue weighted by Crippen LogP contribution is 2.10. The van der Waals surface area contributed by atoms with Gasteiger partial charge in [-0.15, -0.1) is 0 Å². The van der Waals surface area contributed by atoms with Crippen molar-refractivity contribution in [2.24, 2.45) is 0 Å². The van der Waals surface area contributed by atoms with Crippen molar-refractivity contribution in [3.8, 4) is 0 Å². The molecule has 0 amide bonds. The minimum atomic E-state index is -0.489. The van der Waals surface area contributed by atoms with Gasteiger partial charge < -0.3 is 4.74 Å². The summed E-state index contributed by atoms with van der Waals surface area (Å²) in [5, 5.41) is 0.641. The lowest BCUT2D eigenvalue weighted by molar-refractivity contribution is -0.137. The number of rotatable bonds is 5. The third-order valence-electron chi connectivity index (χ3n) is 3.21. The monoisotopic (exact) mass is 332 g/mol. The Morgan fingerprint density at radius 2 is 2.04 bits per heavy atom. The molecule has 0 bridgehead atoms. The van der Waals surface area contributed by atoms with Crippen LogP contribution in [0.25, 0.3) is 6.08 Å². The van der Waals surface area contributed by atoms with E-state index in [2.05, 4.69) is 4.98 Å². The maximum Gasteiger partial charge on any atom is 0.330 e. The van der Waals surface area contributed by atoms with Gasteiger partial charge in [-0.05, 0) is 37.6 Å². The molecule has 0 saturated carbocycles. The minimum absolute atomic E-state index is 0.215. The summed E-state index contributed by atoms with van der Waals surface area (Å²) in [4.78, 5) is 28.1. The molecule has 5 nitrogen and oxygen atoms in total. The van der Waals surface area contributed by atoms with Crippen LogP contribution in [0.3, 0.4) is 0 Å². The molecule has 0 N–H and O–H groups in total. The van der Waals surface area contributed by atoms with E-state index in [1.807, 2.05) is 12.1 Å². The van der Waals surface area contributed by atoms with E-state index in [9.17, 15) is 9.59 Å². The number of hydrogen-bond acceptors (Lipinski definition) is 4. The SMILES string of the molecule is CCOC(=O)/C=C/c1cnc(C)n(Cc2ccc(Cl)cc2)c1=O. The topological polar surface area (TPSA) is 61.2 Å². The Kier molecular flexibility index (Phi) is 5.71. The molecule has 0 fully saturated rings. The maximum atomic E-state index is 12.5. The van der Waals surface area contributed by atoms with E-state index < -0.39 is 5.97 Å². The van der Waals surface area contributed by atoms with Crippen molar-refractivity contribution in [2.75, 3.05) is 6.61 Å². The van der Waals surface area contributed by atoms with Crippen LogP contribution in [0.5, 0.6) is 0 Å². The van der Waals surface area contributed by atoms with E-state index in [1.54, 1.807) is 30.5 Å². The molecule has 0 atom stereocenters. The molecule has 6 heteroatoms. The number of hydrogen-bond donors (Lipinski definition) is 0. The lowest BCUT2D eigenvalue weighted by Crippen LogP contribution is -2.26. The molecule has 0 aliphatic heterocycles. The van der Waals surface area contributed by atoms with Crippen LogP contribution >= 0.6 is 11.6 Å². The molecule has 1 aromatic heterocycles. The Morgan fingerprint density at radius 3 is 2.70 bits per heavy atom. The Labute approximate surface area is 139 Å². The number of carbonyl (C=O) groups is 1. The van der Waals surface area contributed by atoms with Crippen LogP contribution in [-0.2, 0) is 16.1 Å². The molecule has 1 aromatic carbocycles. The molecule has 0 aliphatic rings. The first kappa shape index (κ1) is 17.0. The van der Waals surface area contributed by atoms with Gasteiger partial charge in [0.15, 0.2) is 0 Å². The highest BCUT2D eigenvalue weighted by atomic mass is 35.5. The highest BCUT2D eigenvalue weighted by Gasteiger charge is 2.07. The first-order valence-corrected chi connectivity index (χ1v) is 7.54. The maximum absolute atomic E-state index is 12.5. The molecule has 0 aliphatic carbocycles. The fourth-order valence-electron chi connectivity index (χ4n) is 2.01.